The van der Waals surface area contributed by atoms with Crippen LogP contribution in [-0.2, 0) is 14.3 Å². The molecule has 0 radical (unpaired) electrons. The first kappa shape index (κ1) is 9.60. The number of esters is 1. The molecule has 0 aromatic rings. The molecule has 15 heavy (non-hydrogen) atoms. The fourth-order valence-corrected chi connectivity index (χ4v) is 3.60. The lowest BCUT2D eigenvalue weighted by molar-refractivity contribution is -0.170. The van der Waals surface area contributed by atoms with E-state index in [1.165, 1.54) is 0 Å². The molecule has 0 aromatic heterocycles. The van der Waals surface area contributed by atoms with Gasteiger partial charge in [0.15, 0.2) is 0 Å². The highest BCUT2D eigenvalue weighted by Gasteiger charge is 2.61. The van der Waals surface area contributed by atoms with E-state index < -0.39 is 0 Å². The third-order valence-corrected chi connectivity index (χ3v) is 4.12. The van der Waals surface area contributed by atoms with Gasteiger partial charge in [0.1, 0.15) is 12.2 Å². The number of ether oxygens (including phenoxy) is 2. The van der Waals surface area contributed by atoms with Crippen LogP contribution in [-0.4, -0.2) is 48.8 Å². The maximum absolute atomic E-state index is 11.4. The van der Waals surface area contributed by atoms with Crippen molar-refractivity contribution in [2.24, 2.45) is 5.92 Å². The molecule has 5 atom stereocenters. The van der Waals surface area contributed by atoms with E-state index in [-0.39, 0.29) is 18.2 Å². The molecule has 5 unspecified atom stereocenters. The van der Waals surface area contributed by atoms with E-state index in [1.54, 1.807) is 0 Å². The van der Waals surface area contributed by atoms with Crippen molar-refractivity contribution in [3.05, 3.63) is 0 Å². The zero-order valence-electron chi connectivity index (χ0n) is 9.18. The number of hydrogen-bond acceptors (Lipinski definition) is 4. The fourth-order valence-electron chi connectivity index (χ4n) is 3.60. The molecular formula is C11H17NO3. The first-order valence-electron chi connectivity index (χ1n) is 5.75. The molecule has 2 bridgehead atoms. The minimum Gasteiger partial charge on any atom is -0.458 e. The molecule has 0 aliphatic carbocycles. The zero-order valence-corrected chi connectivity index (χ0v) is 9.18. The van der Waals surface area contributed by atoms with Crippen molar-refractivity contribution >= 4 is 5.97 Å². The second-order valence-corrected chi connectivity index (χ2v) is 4.80. The molecule has 3 fully saturated rings. The van der Waals surface area contributed by atoms with Gasteiger partial charge in [-0.25, -0.2) is 0 Å². The van der Waals surface area contributed by atoms with Crippen molar-refractivity contribution in [2.45, 2.75) is 44.1 Å². The summed E-state index contributed by atoms with van der Waals surface area (Å²) in [5.41, 5.74) is 0. The van der Waals surface area contributed by atoms with Crippen LogP contribution in [0.5, 0.6) is 0 Å². The molecule has 0 spiro atoms. The molecule has 84 valence electrons. The Balaban J connectivity index is 1.87. The first-order valence-corrected chi connectivity index (χ1v) is 5.75. The van der Waals surface area contributed by atoms with Crippen molar-refractivity contribution in [3.8, 4) is 0 Å². The number of fused-ring (bicyclic) bond motifs is 1. The Morgan fingerprint density at radius 2 is 2.40 bits per heavy atom. The maximum atomic E-state index is 11.4. The summed E-state index contributed by atoms with van der Waals surface area (Å²) in [7, 11) is 2.13. The van der Waals surface area contributed by atoms with E-state index in [0.29, 0.717) is 31.0 Å². The van der Waals surface area contributed by atoms with Crippen LogP contribution < -0.4 is 0 Å². The summed E-state index contributed by atoms with van der Waals surface area (Å²) in [6.45, 7) is 2.69. The van der Waals surface area contributed by atoms with Crippen molar-refractivity contribution in [3.63, 3.8) is 0 Å². The SMILES string of the molecule is CCOC1C2OC(=O)CC3CC1N(C)C32. The van der Waals surface area contributed by atoms with Crippen LogP contribution in [0.25, 0.3) is 0 Å². The lowest BCUT2D eigenvalue weighted by Gasteiger charge is -2.37. The Morgan fingerprint density at radius 3 is 3.13 bits per heavy atom. The topological polar surface area (TPSA) is 38.8 Å². The quantitative estimate of drug-likeness (QED) is 0.620. The Bertz CT molecular complexity index is 294. The van der Waals surface area contributed by atoms with Gasteiger partial charge in [-0.2, -0.15) is 0 Å². The van der Waals surface area contributed by atoms with E-state index in [4.69, 9.17) is 9.47 Å². The third kappa shape index (κ3) is 1.18. The van der Waals surface area contributed by atoms with Crippen LogP contribution in [0.4, 0.5) is 0 Å². The minimum atomic E-state index is -0.0419. The van der Waals surface area contributed by atoms with Gasteiger partial charge in [-0.15, -0.1) is 0 Å². The summed E-state index contributed by atoms with van der Waals surface area (Å²) >= 11 is 0. The average molecular weight is 211 g/mol. The smallest absolute Gasteiger partial charge is 0.306 e. The summed E-state index contributed by atoms with van der Waals surface area (Å²) in [5.74, 6) is 0.461. The van der Waals surface area contributed by atoms with Gasteiger partial charge in [-0.05, 0) is 26.3 Å². The Morgan fingerprint density at radius 1 is 1.60 bits per heavy atom. The molecule has 3 heterocycles. The highest BCUT2D eigenvalue weighted by Crippen LogP contribution is 2.47. The molecule has 3 rings (SSSR count). The second kappa shape index (κ2) is 3.19. The van der Waals surface area contributed by atoms with Crippen LogP contribution in [0.3, 0.4) is 0 Å². The Kier molecular flexibility index (Phi) is 2.04. The molecule has 0 saturated carbocycles. The largest absolute Gasteiger partial charge is 0.458 e. The minimum absolute atomic E-state index is 0.0139. The lowest BCUT2D eigenvalue weighted by atomic mass is 9.81. The van der Waals surface area contributed by atoms with Crippen molar-refractivity contribution in [1.82, 2.24) is 4.90 Å². The number of likely N-dealkylation sites (N-methyl/N-ethyl adjacent to an activating group) is 1. The predicted octanol–water partition coefficient (Wildman–Crippen LogP) is 0.409. The molecule has 4 heteroatoms. The van der Waals surface area contributed by atoms with E-state index in [9.17, 15) is 4.79 Å². The van der Waals surface area contributed by atoms with Gasteiger partial charge in [-0.3, -0.25) is 9.69 Å². The van der Waals surface area contributed by atoms with Crippen LogP contribution in [0, 0.1) is 5.92 Å². The number of rotatable bonds is 2. The summed E-state index contributed by atoms with van der Waals surface area (Å²) in [5, 5.41) is 0. The molecule has 4 nitrogen and oxygen atoms in total. The van der Waals surface area contributed by atoms with Crippen molar-refractivity contribution in [2.75, 3.05) is 13.7 Å². The lowest BCUT2D eigenvalue weighted by Crippen LogP contribution is -2.50. The molecule has 0 aromatic carbocycles. The zero-order chi connectivity index (χ0) is 10.6. The van der Waals surface area contributed by atoms with Crippen LogP contribution in [0.15, 0.2) is 0 Å². The Labute approximate surface area is 89.5 Å². The fraction of sp³-hybridized carbons (Fsp3) is 0.909. The Hall–Kier alpha value is -0.610. The molecule has 0 N–H and O–H groups in total. The normalized spacial score (nSPS) is 48.4. The summed E-state index contributed by atoms with van der Waals surface area (Å²) in [6.07, 6.45) is 1.78. The van der Waals surface area contributed by atoms with Crippen LogP contribution >= 0.6 is 0 Å². The highest BCUT2D eigenvalue weighted by molar-refractivity contribution is 5.71. The highest BCUT2D eigenvalue weighted by atomic mass is 16.6. The number of hydrogen-bond donors (Lipinski definition) is 0. The van der Waals surface area contributed by atoms with Gasteiger partial charge in [0.2, 0.25) is 0 Å². The standard InChI is InChI=1S/C11H17NO3/c1-3-14-10-7-4-6-5-8(13)15-11(10)9(6)12(7)2/h6-7,9-11H,3-5H2,1-2H3. The van der Waals surface area contributed by atoms with E-state index in [0.717, 1.165) is 6.42 Å². The molecule has 3 saturated heterocycles. The second-order valence-electron chi connectivity index (χ2n) is 4.80. The van der Waals surface area contributed by atoms with E-state index in [1.807, 2.05) is 6.92 Å². The van der Waals surface area contributed by atoms with Gasteiger partial charge in [0.05, 0.1) is 12.5 Å². The average Bonchev–Trinajstić information content (AvgIpc) is 2.61. The van der Waals surface area contributed by atoms with Crippen LogP contribution in [0.2, 0.25) is 0 Å². The maximum Gasteiger partial charge on any atom is 0.306 e. The van der Waals surface area contributed by atoms with Gasteiger partial charge < -0.3 is 9.47 Å². The van der Waals surface area contributed by atoms with Gasteiger partial charge in [0, 0.05) is 12.6 Å². The third-order valence-electron chi connectivity index (χ3n) is 4.12. The van der Waals surface area contributed by atoms with E-state index >= 15 is 0 Å². The summed E-state index contributed by atoms with van der Waals surface area (Å²) in [4.78, 5) is 13.8. The number of nitrogens with zero attached hydrogens (tertiary/aromatic N) is 1. The summed E-state index contributed by atoms with van der Waals surface area (Å²) in [6, 6.07) is 0.863. The van der Waals surface area contributed by atoms with Gasteiger partial charge >= 0.3 is 5.97 Å². The van der Waals surface area contributed by atoms with Gasteiger partial charge in [-0.1, -0.05) is 0 Å². The molecular weight excluding hydrogens is 194 g/mol. The molecule has 0 amide bonds. The monoisotopic (exact) mass is 211 g/mol. The van der Waals surface area contributed by atoms with Crippen LogP contribution in [0.1, 0.15) is 19.8 Å². The van der Waals surface area contributed by atoms with Crippen molar-refractivity contribution < 1.29 is 14.3 Å². The van der Waals surface area contributed by atoms with E-state index in [2.05, 4.69) is 11.9 Å². The predicted molar refractivity (Wildman–Crippen MR) is 53.4 cm³/mol. The molecule has 3 aliphatic heterocycles. The number of carbonyl (C=O) groups excluding carboxylic acids is 1. The number of carbonyl (C=O) groups is 1. The summed E-state index contributed by atoms with van der Waals surface area (Å²) < 4.78 is 11.2. The molecule has 3 aliphatic rings. The van der Waals surface area contributed by atoms with Crippen molar-refractivity contribution in [1.29, 1.82) is 0 Å². The first-order chi connectivity index (χ1) is 7.22. The van der Waals surface area contributed by atoms with Gasteiger partial charge in [0.25, 0.3) is 0 Å².